The zero-order valence-corrected chi connectivity index (χ0v) is 19.7. The van der Waals surface area contributed by atoms with Crippen molar-refractivity contribution < 1.29 is 0 Å². The molecule has 0 spiro atoms. The van der Waals surface area contributed by atoms with Crippen LogP contribution in [-0.4, -0.2) is 41.3 Å². The summed E-state index contributed by atoms with van der Waals surface area (Å²) >= 11 is 5.50. The number of thiocarbonyl (C=S) groups is 1. The molecule has 2 aromatic rings. The zero-order valence-electron chi connectivity index (χ0n) is 18.9. The summed E-state index contributed by atoms with van der Waals surface area (Å²) in [7, 11) is 0. The lowest BCUT2D eigenvalue weighted by Gasteiger charge is -2.36. The van der Waals surface area contributed by atoms with E-state index in [2.05, 4.69) is 69.6 Å². The Morgan fingerprint density at radius 3 is 2.39 bits per heavy atom. The third-order valence-electron chi connectivity index (χ3n) is 6.12. The third kappa shape index (κ3) is 5.85. The van der Waals surface area contributed by atoms with Gasteiger partial charge in [-0.3, -0.25) is 0 Å². The fourth-order valence-electron chi connectivity index (χ4n) is 4.75. The van der Waals surface area contributed by atoms with Crippen LogP contribution in [0, 0.1) is 18.8 Å². The second kappa shape index (κ2) is 9.81. The Morgan fingerprint density at radius 1 is 1.03 bits per heavy atom. The van der Waals surface area contributed by atoms with E-state index in [1.54, 1.807) is 0 Å². The van der Waals surface area contributed by atoms with Crippen molar-refractivity contribution in [2.75, 3.05) is 41.3 Å². The normalized spacial score (nSPS) is 21.3. The van der Waals surface area contributed by atoms with Crippen molar-refractivity contribution in [3.8, 4) is 0 Å². The van der Waals surface area contributed by atoms with E-state index in [1.807, 2.05) is 6.92 Å². The molecular formula is C24H34N6S. The predicted octanol–water partition coefficient (Wildman–Crippen LogP) is 4.35. The van der Waals surface area contributed by atoms with Crippen LogP contribution in [0.15, 0.2) is 30.3 Å². The molecule has 2 unspecified atom stereocenters. The Hall–Kier alpha value is -2.41. The van der Waals surface area contributed by atoms with Gasteiger partial charge in [-0.05, 0) is 67.9 Å². The number of hydrogen-bond donors (Lipinski definition) is 2. The number of hydrogen-bond acceptors (Lipinski definition) is 5. The number of piperidine rings is 1. The maximum Gasteiger partial charge on any atom is 0.231 e. The zero-order chi connectivity index (χ0) is 21.8. The Morgan fingerprint density at radius 2 is 1.71 bits per heavy atom. The van der Waals surface area contributed by atoms with Gasteiger partial charge in [0.15, 0.2) is 5.11 Å². The summed E-state index contributed by atoms with van der Waals surface area (Å²) in [5.41, 5.74) is 3.46. The van der Waals surface area contributed by atoms with Gasteiger partial charge < -0.3 is 20.4 Å². The maximum absolute atomic E-state index is 5.50. The van der Waals surface area contributed by atoms with Crippen molar-refractivity contribution in [1.82, 2.24) is 15.3 Å². The van der Waals surface area contributed by atoms with Gasteiger partial charge in [-0.15, -0.1) is 0 Å². The van der Waals surface area contributed by atoms with E-state index in [0.29, 0.717) is 29.4 Å². The summed E-state index contributed by atoms with van der Waals surface area (Å²) < 4.78 is 0. The van der Waals surface area contributed by atoms with Crippen LogP contribution in [0.2, 0.25) is 0 Å². The molecule has 0 amide bonds. The van der Waals surface area contributed by atoms with Gasteiger partial charge in [-0.2, -0.15) is 4.98 Å². The molecule has 0 bridgehead atoms. The quantitative estimate of drug-likeness (QED) is 0.673. The Bertz CT molecular complexity index is 883. The van der Waals surface area contributed by atoms with Gasteiger partial charge >= 0.3 is 0 Å². The molecule has 0 saturated carbocycles. The minimum absolute atomic E-state index is 0.542. The molecule has 3 heterocycles. The van der Waals surface area contributed by atoms with Crippen LogP contribution in [0.25, 0.3) is 0 Å². The van der Waals surface area contributed by atoms with Crippen LogP contribution < -0.4 is 20.4 Å². The van der Waals surface area contributed by atoms with Gasteiger partial charge in [0.25, 0.3) is 0 Å². The largest absolute Gasteiger partial charge is 0.372 e. The highest BCUT2D eigenvalue weighted by Gasteiger charge is 2.23. The molecule has 31 heavy (non-hydrogen) atoms. The first-order valence-electron chi connectivity index (χ1n) is 11.5. The molecule has 2 aliphatic rings. The minimum atomic E-state index is 0.542. The van der Waals surface area contributed by atoms with E-state index >= 15 is 0 Å². The van der Waals surface area contributed by atoms with Gasteiger partial charge in [-0.1, -0.05) is 26.0 Å². The number of benzene rings is 1. The molecule has 2 fully saturated rings. The van der Waals surface area contributed by atoms with Gasteiger partial charge in [0, 0.05) is 50.2 Å². The Balaban J connectivity index is 1.33. The molecule has 2 N–H and O–H groups in total. The summed E-state index contributed by atoms with van der Waals surface area (Å²) in [4.78, 5) is 14.1. The number of nitrogens with zero attached hydrogens (tertiary/aromatic N) is 4. The number of aryl methyl sites for hydroxylation is 1. The SMILES string of the molecule is Cc1cc(N2CC(C)CC(C)C2)nc(NC(=S)NCc2ccc(N3CCCC3)cc2)n1. The van der Waals surface area contributed by atoms with Crippen molar-refractivity contribution in [2.45, 2.75) is 46.6 Å². The lowest BCUT2D eigenvalue weighted by Crippen LogP contribution is -2.39. The van der Waals surface area contributed by atoms with Gasteiger partial charge in [0.1, 0.15) is 5.82 Å². The molecule has 166 valence electrons. The molecule has 1 aromatic carbocycles. The molecule has 4 rings (SSSR count). The Labute approximate surface area is 191 Å². The summed E-state index contributed by atoms with van der Waals surface area (Å²) in [5.74, 6) is 2.89. The summed E-state index contributed by atoms with van der Waals surface area (Å²) in [6, 6.07) is 10.8. The predicted molar refractivity (Wildman–Crippen MR) is 133 cm³/mol. The fraction of sp³-hybridized carbons (Fsp3) is 0.542. The van der Waals surface area contributed by atoms with E-state index in [9.17, 15) is 0 Å². The summed E-state index contributed by atoms with van der Waals surface area (Å²) in [5, 5.41) is 7.00. The number of nitrogens with one attached hydrogen (secondary N) is 2. The van der Waals surface area contributed by atoms with Crippen LogP contribution in [0.3, 0.4) is 0 Å². The van der Waals surface area contributed by atoms with Crippen LogP contribution in [0.5, 0.6) is 0 Å². The smallest absolute Gasteiger partial charge is 0.231 e. The molecule has 0 radical (unpaired) electrons. The van der Waals surface area contributed by atoms with Crippen molar-refractivity contribution in [3.05, 3.63) is 41.6 Å². The second-order valence-corrected chi connectivity index (χ2v) is 9.62. The highest BCUT2D eigenvalue weighted by molar-refractivity contribution is 7.80. The van der Waals surface area contributed by atoms with Crippen LogP contribution in [-0.2, 0) is 6.54 Å². The topological polar surface area (TPSA) is 56.3 Å². The fourth-order valence-corrected chi connectivity index (χ4v) is 4.91. The van der Waals surface area contributed by atoms with Crippen molar-refractivity contribution >= 4 is 34.8 Å². The average molecular weight is 439 g/mol. The molecule has 2 aliphatic heterocycles. The number of aromatic nitrogens is 2. The van der Waals surface area contributed by atoms with E-state index in [1.165, 1.54) is 43.6 Å². The van der Waals surface area contributed by atoms with Gasteiger partial charge in [0.05, 0.1) is 0 Å². The van der Waals surface area contributed by atoms with Crippen molar-refractivity contribution in [3.63, 3.8) is 0 Å². The standard InChI is InChI=1S/C24H34N6S/c1-17-12-18(2)16-30(15-17)22-13-19(3)26-23(27-22)28-24(31)25-14-20-6-8-21(9-7-20)29-10-4-5-11-29/h6-9,13,17-18H,4-5,10-12,14-16H2,1-3H3,(H2,25,26,27,28,31). The summed E-state index contributed by atoms with van der Waals surface area (Å²) in [6.07, 6.45) is 3.86. The third-order valence-corrected chi connectivity index (χ3v) is 6.37. The van der Waals surface area contributed by atoms with Gasteiger partial charge in [0.2, 0.25) is 5.95 Å². The highest BCUT2D eigenvalue weighted by Crippen LogP contribution is 2.26. The van der Waals surface area contributed by atoms with Gasteiger partial charge in [-0.25, -0.2) is 4.98 Å². The maximum atomic E-state index is 5.50. The first kappa shape index (κ1) is 21.8. The van der Waals surface area contributed by atoms with Crippen molar-refractivity contribution in [2.24, 2.45) is 11.8 Å². The average Bonchev–Trinajstić information content (AvgIpc) is 3.26. The molecule has 7 heteroatoms. The Kier molecular flexibility index (Phi) is 6.90. The highest BCUT2D eigenvalue weighted by atomic mass is 32.1. The first-order valence-corrected chi connectivity index (χ1v) is 11.9. The lowest BCUT2D eigenvalue weighted by atomic mass is 9.92. The number of rotatable bonds is 5. The minimum Gasteiger partial charge on any atom is -0.372 e. The molecular weight excluding hydrogens is 404 g/mol. The first-order chi connectivity index (χ1) is 15.0. The van der Waals surface area contributed by atoms with Crippen LogP contribution >= 0.6 is 12.2 Å². The number of anilines is 3. The van der Waals surface area contributed by atoms with E-state index in [-0.39, 0.29) is 0 Å². The summed E-state index contributed by atoms with van der Waals surface area (Å²) in [6.45, 7) is 11.7. The molecule has 0 aliphatic carbocycles. The molecule has 6 nitrogen and oxygen atoms in total. The van der Waals surface area contributed by atoms with E-state index < -0.39 is 0 Å². The van der Waals surface area contributed by atoms with E-state index in [4.69, 9.17) is 17.2 Å². The molecule has 1 aromatic heterocycles. The molecule has 2 saturated heterocycles. The van der Waals surface area contributed by atoms with E-state index in [0.717, 1.165) is 24.6 Å². The monoisotopic (exact) mass is 438 g/mol. The van der Waals surface area contributed by atoms with Crippen LogP contribution in [0.4, 0.5) is 17.5 Å². The lowest BCUT2D eigenvalue weighted by molar-refractivity contribution is 0.355. The second-order valence-electron chi connectivity index (χ2n) is 9.21. The van der Waals surface area contributed by atoms with Crippen molar-refractivity contribution in [1.29, 1.82) is 0 Å². The molecule has 2 atom stereocenters. The van der Waals surface area contributed by atoms with Crippen LogP contribution in [0.1, 0.15) is 44.4 Å².